The van der Waals surface area contributed by atoms with Crippen LogP contribution in [0.15, 0.2) is 65.3 Å². The number of amides is 2. The predicted molar refractivity (Wildman–Crippen MR) is 124 cm³/mol. The normalized spacial score (nSPS) is 17.7. The first-order valence-electron chi connectivity index (χ1n) is 11.5. The summed E-state index contributed by atoms with van der Waals surface area (Å²) >= 11 is 0. The van der Waals surface area contributed by atoms with Crippen LogP contribution in [0.25, 0.3) is 0 Å². The van der Waals surface area contributed by atoms with E-state index in [1.807, 2.05) is 28.0 Å². The third kappa shape index (κ3) is 4.38. The number of hydrogen-bond donors (Lipinski definition) is 0. The molecule has 1 fully saturated rings. The van der Waals surface area contributed by atoms with E-state index in [-0.39, 0.29) is 24.5 Å². The highest BCUT2D eigenvalue weighted by molar-refractivity contribution is 5.92. The Morgan fingerprint density at radius 3 is 2.64 bits per heavy atom. The van der Waals surface area contributed by atoms with Crippen molar-refractivity contribution in [2.45, 2.75) is 32.2 Å². The van der Waals surface area contributed by atoms with Crippen LogP contribution in [0, 0.1) is 6.92 Å². The molecule has 1 atom stereocenters. The van der Waals surface area contributed by atoms with Gasteiger partial charge in [0.15, 0.2) is 12.4 Å². The minimum atomic E-state index is -0.260. The number of benzene rings is 2. The summed E-state index contributed by atoms with van der Waals surface area (Å²) in [5, 5.41) is 0. The van der Waals surface area contributed by atoms with Gasteiger partial charge in [0.2, 0.25) is 0 Å². The second-order valence-corrected chi connectivity index (χ2v) is 8.78. The molecule has 1 aromatic heterocycles. The monoisotopic (exact) mass is 444 g/mol. The molecule has 0 radical (unpaired) electrons. The first-order chi connectivity index (χ1) is 16.1. The molecule has 2 aliphatic rings. The Bertz CT molecular complexity index is 1150. The second-order valence-electron chi connectivity index (χ2n) is 8.78. The van der Waals surface area contributed by atoms with Gasteiger partial charge < -0.3 is 19.0 Å². The molecule has 6 heteroatoms. The molecule has 3 heterocycles. The van der Waals surface area contributed by atoms with Crippen molar-refractivity contribution in [1.29, 1.82) is 0 Å². The van der Waals surface area contributed by atoms with E-state index >= 15 is 0 Å². The molecular weight excluding hydrogens is 416 g/mol. The van der Waals surface area contributed by atoms with E-state index in [0.29, 0.717) is 18.1 Å². The van der Waals surface area contributed by atoms with Crippen LogP contribution in [0.4, 0.5) is 0 Å². The van der Waals surface area contributed by atoms with Gasteiger partial charge >= 0.3 is 0 Å². The van der Waals surface area contributed by atoms with E-state index in [1.54, 1.807) is 12.1 Å². The molecular formula is C27H28N2O4. The van der Waals surface area contributed by atoms with Crippen LogP contribution in [-0.2, 0) is 11.2 Å². The van der Waals surface area contributed by atoms with Gasteiger partial charge in [0, 0.05) is 19.6 Å². The van der Waals surface area contributed by atoms with Gasteiger partial charge in [-0.05, 0) is 67.1 Å². The number of ether oxygens (including phenoxy) is 1. The van der Waals surface area contributed by atoms with Crippen molar-refractivity contribution in [2.24, 2.45) is 0 Å². The second kappa shape index (κ2) is 9.14. The molecule has 6 nitrogen and oxygen atoms in total. The molecule has 2 amide bonds. The molecule has 0 N–H and O–H groups in total. The number of carbonyl (C=O) groups excluding carboxylic acids is 2. The summed E-state index contributed by atoms with van der Waals surface area (Å²) in [6.45, 7) is 4.30. The summed E-state index contributed by atoms with van der Waals surface area (Å²) in [7, 11) is 0. The minimum absolute atomic E-state index is 0.0232. The molecule has 0 unspecified atom stereocenters. The number of fused-ring (bicyclic) bond motifs is 1. The van der Waals surface area contributed by atoms with E-state index in [4.69, 9.17) is 9.15 Å². The van der Waals surface area contributed by atoms with Crippen LogP contribution in [-0.4, -0.2) is 47.9 Å². The SMILES string of the molecule is Cc1cccc([C@@H]2c3cc(OCC(=O)N4CCCC4)ccc3CCN2C(=O)c2ccco2)c1. The lowest BCUT2D eigenvalue weighted by molar-refractivity contribution is -0.132. The quantitative estimate of drug-likeness (QED) is 0.586. The summed E-state index contributed by atoms with van der Waals surface area (Å²) in [6.07, 6.45) is 4.39. The largest absolute Gasteiger partial charge is 0.484 e. The maximum absolute atomic E-state index is 13.3. The fourth-order valence-corrected chi connectivity index (χ4v) is 4.85. The molecule has 5 rings (SSSR count). The van der Waals surface area contributed by atoms with Gasteiger partial charge in [0.05, 0.1) is 12.3 Å². The van der Waals surface area contributed by atoms with Crippen LogP contribution < -0.4 is 4.74 Å². The Morgan fingerprint density at radius 2 is 1.88 bits per heavy atom. The maximum Gasteiger partial charge on any atom is 0.290 e. The third-order valence-electron chi connectivity index (χ3n) is 6.52. The molecule has 2 aliphatic heterocycles. The highest BCUT2D eigenvalue weighted by atomic mass is 16.5. The molecule has 170 valence electrons. The van der Waals surface area contributed by atoms with Crippen molar-refractivity contribution >= 4 is 11.8 Å². The van der Waals surface area contributed by atoms with Crippen LogP contribution in [0.2, 0.25) is 0 Å². The molecule has 0 aliphatic carbocycles. The first kappa shape index (κ1) is 21.3. The zero-order valence-electron chi connectivity index (χ0n) is 18.8. The number of rotatable bonds is 5. The average Bonchev–Trinajstić information content (AvgIpc) is 3.56. The number of aryl methyl sites for hydroxylation is 1. The van der Waals surface area contributed by atoms with Crippen molar-refractivity contribution in [3.63, 3.8) is 0 Å². The van der Waals surface area contributed by atoms with E-state index in [1.165, 1.54) is 11.8 Å². The first-order valence-corrected chi connectivity index (χ1v) is 11.5. The number of carbonyl (C=O) groups is 2. The smallest absolute Gasteiger partial charge is 0.290 e. The Labute approximate surface area is 193 Å². The van der Waals surface area contributed by atoms with E-state index in [2.05, 4.69) is 31.2 Å². The molecule has 0 saturated carbocycles. The van der Waals surface area contributed by atoms with Crippen molar-refractivity contribution < 1.29 is 18.7 Å². The van der Waals surface area contributed by atoms with Gasteiger partial charge in [-0.3, -0.25) is 9.59 Å². The van der Waals surface area contributed by atoms with Crippen molar-refractivity contribution in [3.8, 4) is 5.75 Å². The van der Waals surface area contributed by atoms with Gasteiger partial charge in [0.25, 0.3) is 11.8 Å². The summed E-state index contributed by atoms with van der Waals surface area (Å²) in [6, 6.07) is 17.4. The van der Waals surface area contributed by atoms with Crippen molar-refractivity contribution in [3.05, 3.63) is 88.9 Å². The predicted octanol–water partition coefficient (Wildman–Crippen LogP) is 4.38. The van der Waals surface area contributed by atoms with Crippen molar-refractivity contribution in [2.75, 3.05) is 26.2 Å². The lowest BCUT2D eigenvalue weighted by atomic mass is 9.87. The van der Waals surface area contributed by atoms with Gasteiger partial charge in [-0.15, -0.1) is 0 Å². The fourth-order valence-electron chi connectivity index (χ4n) is 4.85. The van der Waals surface area contributed by atoms with E-state index in [9.17, 15) is 9.59 Å². The standard InChI is InChI=1S/C27H28N2O4/c1-19-6-4-7-21(16-19)26-23-17-22(33-18-25(30)28-12-2-3-13-28)10-9-20(23)11-14-29(26)27(31)24-8-5-15-32-24/h4-10,15-17,26H,2-3,11-14,18H2,1H3/t26-/m1/s1. The third-order valence-corrected chi connectivity index (χ3v) is 6.52. The van der Waals surface area contributed by atoms with Gasteiger partial charge in [-0.1, -0.05) is 35.9 Å². The minimum Gasteiger partial charge on any atom is -0.484 e. The Balaban J connectivity index is 1.46. The number of likely N-dealkylation sites (tertiary alicyclic amines) is 1. The summed E-state index contributed by atoms with van der Waals surface area (Å²) in [5.41, 5.74) is 4.39. The fraction of sp³-hybridized carbons (Fsp3) is 0.333. The zero-order chi connectivity index (χ0) is 22.8. The topological polar surface area (TPSA) is 63.0 Å². The molecule has 33 heavy (non-hydrogen) atoms. The molecule has 3 aromatic rings. The van der Waals surface area contributed by atoms with Crippen molar-refractivity contribution in [1.82, 2.24) is 9.80 Å². The van der Waals surface area contributed by atoms with Crippen LogP contribution in [0.3, 0.4) is 0 Å². The van der Waals surface area contributed by atoms with Crippen LogP contribution >= 0.6 is 0 Å². The average molecular weight is 445 g/mol. The molecule has 0 spiro atoms. The Hall–Kier alpha value is -3.54. The highest BCUT2D eigenvalue weighted by Crippen LogP contribution is 2.38. The number of furan rings is 1. The van der Waals surface area contributed by atoms with Gasteiger partial charge in [-0.25, -0.2) is 0 Å². The summed E-state index contributed by atoms with van der Waals surface area (Å²) in [4.78, 5) is 29.5. The Kier molecular flexibility index (Phi) is 5.90. The summed E-state index contributed by atoms with van der Waals surface area (Å²) < 4.78 is 11.3. The van der Waals surface area contributed by atoms with Gasteiger partial charge in [-0.2, -0.15) is 0 Å². The number of nitrogens with zero attached hydrogens (tertiary/aromatic N) is 2. The van der Waals surface area contributed by atoms with Crippen LogP contribution in [0.5, 0.6) is 5.75 Å². The summed E-state index contributed by atoms with van der Waals surface area (Å²) in [5.74, 6) is 0.869. The lowest BCUT2D eigenvalue weighted by Crippen LogP contribution is -2.40. The van der Waals surface area contributed by atoms with E-state index in [0.717, 1.165) is 49.0 Å². The number of hydrogen-bond acceptors (Lipinski definition) is 4. The Morgan fingerprint density at radius 1 is 1.03 bits per heavy atom. The molecule has 0 bridgehead atoms. The van der Waals surface area contributed by atoms with Gasteiger partial charge in [0.1, 0.15) is 5.75 Å². The molecule has 2 aromatic carbocycles. The highest BCUT2D eigenvalue weighted by Gasteiger charge is 2.34. The zero-order valence-corrected chi connectivity index (χ0v) is 18.8. The lowest BCUT2D eigenvalue weighted by Gasteiger charge is -2.37. The van der Waals surface area contributed by atoms with E-state index < -0.39 is 0 Å². The molecule has 1 saturated heterocycles. The maximum atomic E-state index is 13.3. The van der Waals surface area contributed by atoms with Crippen LogP contribution in [0.1, 0.15) is 51.7 Å².